The molecule has 8 heteroatoms. The number of hydroxylamine groups is 1. The van der Waals surface area contributed by atoms with Crippen LogP contribution in [0.15, 0.2) is 36.4 Å². The molecule has 0 heterocycles. The zero-order chi connectivity index (χ0) is 22.3. The van der Waals surface area contributed by atoms with Crippen molar-refractivity contribution in [2.75, 3.05) is 27.8 Å². The largest absolute Gasteiger partial charge is 0.384 e. The number of benzene rings is 1. The number of carbonyl (C=O) groups is 3. The molecule has 1 aromatic rings. The molecule has 1 fully saturated rings. The first kappa shape index (κ1) is 23.1. The number of rotatable bonds is 7. The number of amides is 3. The third-order valence-corrected chi connectivity index (χ3v) is 5.32. The molecule has 3 amide bonds. The molecule has 0 radical (unpaired) electrons. The lowest BCUT2D eigenvalue weighted by molar-refractivity contribution is -0.148. The minimum absolute atomic E-state index is 0.278. The number of hydrogen-bond acceptors (Lipinski definition) is 5. The van der Waals surface area contributed by atoms with Gasteiger partial charge < -0.3 is 15.0 Å². The monoisotopic (exact) mass is 413 g/mol. The molecular formula is C22H27N3O5. The van der Waals surface area contributed by atoms with Gasteiger partial charge in [-0.2, -0.15) is 0 Å². The molecule has 0 aliphatic heterocycles. The Morgan fingerprint density at radius 1 is 1.30 bits per heavy atom. The van der Waals surface area contributed by atoms with Gasteiger partial charge in [-0.1, -0.05) is 17.9 Å². The summed E-state index contributed by atoms with van der Waals surface area (Å²) in [6.07, 6.45) is 5.03. The Hall–Kier alpha value is -3.15. The van der Waals surface area contributed by atoms with Crippen molar-refractivity contribution in [1.29, 1.82) is 0 Å². The molecule has 0 aromatic heterocycles. The third-order valence-electron chi connectivity index (χ3n) is 5.32. The van der Waals surface area contributed by atoms with Crippen molar-refractivity contribution >= 4 is 17.7 Å². The van der Waals surface area contributed by atoms with Crippen LogP contribution in [0.4, 0.5) is 0 Å². The molecular weight excluding hydrogens is 386 g/mol. The lowest BCUT2D eigenvalue weighted by Gasteiger charge is -2.34. The molecule has 3 N–H and O–H groups in total. The van der Waals surface area contributed by atoms with Crippen LogP contribution in [-0.2, 0) is 14.3 Å². The summed E-state index contributed by atoms with van der Waals surface area (Å²) >= 11 is 0. The Labute approximate surface area is 176 Å². The van der Waals surface area contributed by atoms with Gasteiger partial charge in [0.15, 0.2) is 5.54 Å². The first-order valence-electron chi connectivity index (χ1n) is 9.51. The van der Waals surface area contributed by atoms with Crippen molar-refractivity contribution in [3.05, 3.63) is 47.5 Å². The van der Waals surface area contributed by atoms with Gasteiger partial charge in [0.05, 0.1) is 0 Å². The van der Waals surface area contributed by atoms with Crippen LogP contribution in [0.25, 0.3) is 0 Å². The number of nitrogens with one attached hydrogen (secondary N) is 2. The maximum Gasteiger partial charge on any atom is 0.278 e. The molecule has 8 nitrogen and oxygen atoms in total. The van der Waals surface area contributed by atoms with Gasteiger partial charge in [0, 0.05) is 38.9 Å². The second-order valence-corrected chi connectivity index (χ2v) is 7.28. The van der Waals surface area contributed by atoms with Gasteiger partial charge in [0.1, 0.15) is 0 Å². The van der Waals surface area contributed by atoms with Gasteiger partial charge in [0.25, 0.3) is 17.7 Å². The van der Waals surface area contributed by atoms with E-state index in [1.54, 1.807) is 31.4 Å². The molecule has 160 valence electrons. The Bertz CT molecular complexity index is 866. The zero-order valence-electron chi connectivity index (χ0n) is 17.6. The van der Waals surface area contributed by atoms with Crippen molar-refractivity contribution in [1.82, 2.24) is 15.7 Å². The van der Waals surface area contributed by atoms with E-state index in [2.05, 4.69) is 23.2 Å². The predicted octanol–water partition coefficient (Wildman–Crippen LogP) is 0.959. The van der Waals surface area contributed by atoms with E-state index in [9.17, 15) is 14.4 Å². The van der Waals surface area contributed by atoms with Crippen LogP contribution < -0.4 is 10.8 Å². The normalized spacial score (nSPS) is 19.2. The smallest absolute Gasteiger partial charge is 0.278 e. The minimum atomic E-state index is -1.92. The Morgan fingerprint density at radius 2 is 1.97 bits per heavy atom. The molecule has 1 saturated carbocycles. The fraction of sp³-hybridized carbons (Fsp3) is 0.409. The molecule has 30 heavy (non-hydrogen) atoms. The zero-order valence-corrected chi connectivity index (χ0v) is 17.6. The van der Waals surface area contributed by atoms with Crippen LogP contribution in [0.2, 0.25) is 0 Å². The first-order valence-corrected chi connectivity index (χ1v) is 9.51. The van der Waals surface area contributed by atoms with Crippen molar-refractivity contribution in [2.24, 2.45) is 11.8 Å². The van der Waals surface area contributed by atoms with Gasteiger partial charge in [0.2, 0.25) is 0 Å². The van der Waals surface area contributed by atoms with Crippen molar-refractivity contribution in [3.63, 3.8) is 0 Å². The lowest BCUT2D eigenvalue weighted by atomic mass is 9.96. The maximum atomic E-state index is 12.8. The third kappa shape index (κ3) is 5.06. The van der Waals surface area contributed by atoms with E-state index in [0.29, 0.717) is 11.8 Å². The van der Waals surface area contributed by atoms with Crippen LogP contribution >= 0.6 is 0 Å². The number of allylic oxidation sites excluding steroid dienone is 2. The molecule has 3 atom stereocenters. The van der Waals surface area contributed by atoms with Gasteiger partial charge in [-0.05, 0) is 55.5 Å². The van der Waals surface area contributed by atoms with E-state index in [4.69, 9.17) is 9.94 Å². The highest BCUT2D eigenvalue weighted by Crippen LogP contribution is 2.39. The molecule has 1 aromatic carbocycles. The molecule has 0 saturated heterocycles. The van der Waals surface area contributed by atoms with Crippen molar-refractivity contribution in [3.8, 4) is 11.8 Å². The van der Waals surface area contributed by atoms with Crippen LogP contribution in [0.3, 0.4) is 0 Å². The lowest BCUT2D eigenvalue weighted by Crippen LogP contribution is -2.64. The highest BCUT2D eigenvalue weighted by molar-refractivity contribution is 6.12. The molecule has 0 bridgehead atoms. The summed E-state index contributed by atoms with van der Waals surface area (Å²) in [6, 6.07) is 6.53. The summed E-state index contributed by atoms with van der Waals surface area (Å²) in [6.45, 7) is 2.02. The second kappa shape index (κ2) is 10.1. The van der Waals surface area contributed by atoms with Gasteiger partial charge in [-0.25, -0.2) is 5.48 Å². The fourth-order valence-electron chi connectivity index (χ4n) is 3.06. The Morgan fingerprint density at radius 3 is 2.53 bits per heavy atom. The summed E-state index contributed by atoms with van der Waals surface area (Å²) in [7, 11) is 4.36. The van der Waals surface area contributed by atoms with E-state index in [1.807, 2.05) is 6.08 Å². The van der Waals surface area contributed by atoms with Crippen LogP contribution in [0.5, 0.6) is 0 Å². The Kier molecular flexibility index (Phi) is 7.75. The molecule has 2 rings (SSSR count). The minimum Gasteiger partial charge on any atom is -0.384 e. The summed E-state index contributed by atoms with van der Waals surface area (Å²) in [4.78, 5) is 38.1. The summed E-state index contributed by atoms with van der Waals surface area (Å²) < 4.78 is 5.12. The van der Waals surface area contributed by atoms with Crippen molar-refractivity contribution in [2.45, 2.75) is 18.9 Å². The number of likely N-dealkylation sites (N-methyl/N-ethyl adjacent to an activating group) is 2. The topological polar surface area (TPSA) is 108 Å². The van der Waals surface area contributed by atoms with E-state index in [1.165, 1.54) is 26.5 Å². The molecule has 0 spiro atoms. The SMILES string of the molecule is CNC(=O)[C@@](C)(C(=O)NO)N(C)C(=O)c1ccc(C#CC=CC2CC2COC)cc1. The van der Waals surface area contributed by atoms with Crippen molar-refractivity contribution < 1.29 is 24.3 Å². The first-order chi connectivity index (χ1) is 14.3. The van der Waals surface area contributed by atoms with E-state index < -0.39 is 23.3 Å². The number of hydrogen-bond donors (Lipinski definition) is 3. The van der Waals surface area contributed by atoms with Crippen LogP contribution in [0, 0.1) is 23.7 Å². The number of ether oxygens (including phenoxy) is 1. The number of carbonyl (C=O) groups excluding carboxylic acids is 3. The molecule has 2 unspecified atom stereocenters. The standard InChI is InChI=1S/C22H27N3O5/c1-22(20(27)23-2,21(28)24-29)25(3)19(26)16-11-9-15(10-12-16)7-5-6-8-17-13-18(17)14-30-4/h6,8-12,17-18,29H,13-14H2,1-4H3,(H,23,27)(H,24,28)/t17?,18?,22-/m0/s1. The Balaban J connectivity index is 2.07. The number of methoxy groups -OCH3 is 1. The highest BCUT2D eigenvalue weighted by Gasteiger charge is 2.47. The van der Waals surface area contributed by atoms with E-state index in [0.717, 1.165) is 23.5 Å². The summed E-state index contributed by atoms with van der Waals surface area (Å²) in [5.41, 5.74) is 0.524. The van der Waals surface area contributed by atoms with Crippen LogP contribution in [-0.4, -0.2) is 61.2 Å². The predicted molar refractivity (Wildman–Crippen MR) is 110 cm³/mol. The maximum absolute atomic E-state index is 12.8. The van der Waals surface area contributed by atoms with Gasteiger partial charge >= 0.3 is 0 Å². The van der Waals surface area contributed by atoms with Gasteiger partial charge in [-0.15, -0.1) is 0 Å². The number of nitrogens with zero attached hydrogens (tertiary/aromatic N) is 1. The average Bonchev–Trinajstić information content (AvgIpc) is 3.52. The van der Waals surface area contributed by atoms with E-state index in [-0.39, 0.29) is 5.56 Å². The van der Waals surface area contributed by atoms with Crippen LogP contribution in [0.1, 0.15) is 29.3 Å². The highest BCUT2D eigenvalue weighted by atomic mass is 16.5. The van der Waals surface area contributed by atoms with Gasteiger partial charge in [-0.3, -0.25) is 19.6 Å². The molecule has 1 aliphatic carbocycles. The van der Waals surface area contributed by atoms with E-state index >= 15 is 0 Å². The fourth-order valence-corrected chi connectivity index (χ4v) is 3.06. The summed E-state index contributed by atoms with van der Waals surface area (Å²) in [5.74, 6) is 4.79. The quantitative estimate of drug-likeness (QED) is 0.267. The summed E-state index contributed by atoms with van der Waals surface area (Å²) in [5, 5.41) is 11.3. The average molecular weight is 413 g/mol. The second-order valence-electron chi connectivity index (χ2n) is 7.28. The molecule has 1 aliphatic rings.